The smallest absolute Gasteiger partial charge is 0.227 e. The van der Waals surface area contributed by atoms with Crippen LogP contribution in [-0.2, 0) is 4.79 Å². The molecule has 1 fully saturated rings. The molecule has 1 saturated heterocycles. The van der Waals surface area contributed by atoms with Gasteiger partial charge in [-0.3, -0.25) is 4.79 Å². The molecular weight excluding hydrogens is 196 g/mol. The summed E-state index contributed by atoms with van der Waals surface area (Å²) < 4.78 is 0.181. The Morgan fingerprint density at radius 1 is 1.64 bits per heavy atom. The van der Waals surface area contributed by atoms with Crippen LogP contribution in [0.15, 0.2) is 0 Å². The summed E-state index contributed by atoms with van der Waals surface area (Å²) in [6, 6.07) is 0.297. The fraction of sp³-hybridized carbons (Fsp3) is 0.900. The van der Waals surface area contributed by atoms with Crippen LogP contribution in [0.4, 0.5) is 0 Å². The van der Waals surface area contributed by atoms with Crippen LogP contribution in [0.5, 0.6) is 0 Å². The van der Waals surface area contributed by atoms with E-state index in [0.717, 1.165) is 5.75 Å². The third-order valence-corrected chi connectivity index (χ3v) is 4.42. The molecule has 4 heteroatoms. The first-order chi connectivity index (χ1) is 6.29. The van der Waals surface area contributed by atoms with Crippen LogP contribution in [0.25, 0.3) is 0 Å². The van der Waals surface area contributed by atoms with Crippen molar-refractivity contribution < 1.29 is 4.79 Å². The van der Waals surface area contributed by atoms with Gasteiger partial charge in [0.25, 0.3) is 0 Å². The number of carbonyl (C=O) groups excluding carboxylic acids is 1. The summed E-state index contributed by atoms with van der Waals surface area (Å²) in [5, 5.41) is 3.06. The monoisotopic (exact) mass is 216 g/mol. The van der Waals surface area contributed by atoms with E-state index in [0.29, 0.717) is 12.6 Å². The molecule has 0 saturated carbocycles. The summed E-state index contributed by atoms with van der Waals surface area (Å²) in [6.45, 7) is 8.45. The van der Waals surface area contributed by atoms with Crippen LogP contribution in [0.2, 0.25) is 0 Å². The Bertz CT molecular complexity index is 238. The van der Waals surface area contributed by atoms with Crippen molar-refractivity contribution >= 4 is 17.7 Å². The van der Waals surface area contributed by atoms with Crippen molar-refractivity contribution in [1.29, 1.82) is 0 Å². The highest BCUT2D eigenvalue weighted by atomic mass is 32.2. The van der Waals surface area contributed by atoms with Gasteiger partial charge in [0, 0.05) is 17.0 Å². The van der Waals surface area contributed by atoms with Gasteiger partial charge in [-0.2, -0.15) is 11.8 Å². The van der Waals surface area contributed by atoms with Gasteiger partial charge >= 0.3 is 0 Å². The third-order valence-electron chi connectivity index (χ3n) is 2.89. The number of hydrogen-bond acceptors (Lipinski definition) is 3. The second-order valence-electron chi connectivity index (χ2n) is 5.03. The first-order valence-corrected chi connectivity index (χ1v) is 5.93. The maximum absolute atomic E-state index is 11.8. The first kappa shape index (κ1) is 11.9. The fourth-order valence-corrected chi connectivity index (χ4v) is 2.30. The van der Waals surface area contributed by atoms with E-state index in [1.807, 2.05) is 25.6 Å². The summed E-state index contributed by atoms with van der Waals surface area (Å²) in [4.78, 5) is 11.8. The van der Waals surface area contributed by atoms with Gasteiger partial charge in [0.1, 0.15) is 0 Å². The lowest BCUT2D eigenvalue weighted by atomic mass is 9.91. The largest absolute Gasteiger partial charge is 0.351 e. The quantitative estimate of drug-likeness (QED) is 0.739. The molecule has 82 valence electrons. The highest BCUT2D eigenvalue weighted by molar-refractivity contribution is 8.02. The molecular formula is C10H20N2OS. The van der Waals surface area contributed by atoms with Crippen molar-refractivity contribution in [1.82, 2.24) is 5.32 Å². The van der Waals surface area contributed by atoms with E-state index in [-0.39, 0.29) is 10.7 Å². The maximum atomic E-state index is 11.8. The average Bonchev–Trinajstić information content (AvgIpc) is 2.12. The van der Waals surface area contributed by atoms with Gasteiger partial charge in [0.2, 0.25) is 5.91 Å². The minimum atomic E-state index is -0.448. The van der Waals surface area contributed by atoms with Crippen LogP contribution in [0.1, 0.15) is 27.7 Å². The number of hydrogen-bond donors (Lipinski definition) is 2. The lowest BCUT2D eigenvalue weighted by molar-refractivity contribution is -0.129. The zero-order chi connectivity index (χ0) is 11.0. The minimum absolute atomic E-state index is 0.0679. The molecule has 0 aromatic rings. The lowest BCUT2D eigenvalue weighted by Gasteiger charge is -2.45. The normalized spacial score (nSPS) is 25.4. The molecule has 1 amide bonds. The van der Waals surface area contributed by atoms with Crippen molar-refractivity contribution in [3.05, 3.63) is 0 Å². The SMILES string of the molecule is CC(C)(CN)C(=O)NC1CSC1(C)C. The van der Waals surface area contributed by atoms with E-state index in [9.17, 15) is 4.79 Å². The molecule has 3 N–H and O–H groups in total. The van der Waals surface area contributed by atoms with Crippen molar-refractivity contribution in [3.63, 3.8) is 0 Å². The van der Waals surface area contributed by atoms with Crippen LogP contribution < -0.4 is 11.1 Å². The second kappa shape index (κ2) is 3.74. The molecule has 0 bridgehead atoms. The summed E-state index contributed by atoms with van der Waals surface area (Å²) in [5.74, 6) is 1.08. The number of nitrogens with one attached hydrogen (secondary N) is 1. The van der Waals surface area contributed by atoms with Gasteiger partial charge in [-0.25, -0.2) is 0 Å². The molecule has 14 heavy (non-hydrogen) atoms. The molecule has 1 unspecified atom stereocenters. The Morgan fingerprint density at radius 3 is 2.50 bits per heavy atom. The molecule has 1 rings (SSSR count). The van der Waals surface area contributed by atoms with E-state index >= 15 is 0 Å². The fourth-order valence-electron chi connectivity index (χ4n) is 1.16. The summed E-state index contributed by atoms with van der Waals surface area (Å²) in [5.41, 5.74) is 5.10. The lowest BCUT2D eigenvalue weighted by Crippen LogP contribution is -2.59. The van der Waals surface area contributed by atoms with Gasteiger partial charge in [-0.1, -0.05) is 0 Å². The van der Waals surface area contributed by atoms with E-state index in [1.54, 1.807) is 0 Å². The van der Waals surface area contributed by atoms with E-state index in [4.69, 9.17) is 5.73 Å². The summed E-state index contributed by atoms with van der Waals surface area (Å²) in [6.07, 6.45) is 0. The molecule has 0 radical (unpaired) electrons. The Morgan fingerprint density at radius 2 is 2.21 bits per heavy atom. The van der Waals surface area contributed by atoms with Crippen molar-refractivity contribution in [3.8, 4) is 0 Å². The van der Waals surface area contributed by atoms with Gasteiger partial charge in [-0.15, -0.1) is 0 Å². The molecule has 0 spiro atoms. The van der Waals surface area contributed by atoms with Crippen LogP contribution in [-0.4, -0.2) is 29.0 Å². The predicted octanol–water partition coefficient (Wildman–Crippen LogP) is 0.982. The number of amides is 1. The molecule has 1 aliphatic heterocycles. The predicted molar refractivity (Wildman–Crippen MR) is 61.3 cm³/mol. The number of rotatable bonds is 3. The number of nitrogens with two attached hydrogens (primary N) is 1. The van der Waals surface area contributed by atoms with Crippen LogP contribution in [0, 0.1) is 5.41 Å². The van der Waals surface area contributed by atoms with Gasteiger partial charge in [0.15, 0.2) is 0 Å². The molecule has 0 aromatic heterocycles. The Kier molecular flexibility index (Phi) is 3.17. The molecule has 1 aliphatic rings. The standard InChI is InChI=1S/C10H20N2OS/c1-9(2,6-11)8(13)12-7-5-14-10(7,3)4/h7H,5-6,11H2,1-4H3,(H,12,13). The molecule has 1 heterocycles. The highest BCUT2D eigenvalue weighted by Gasteiger charge is 2.42. The molecule has 0 aromatic carbocycles. The van der Waals surface area contributed by atoms with Gasteiger partial charge < -0.3 is 11.1 Å². The van der Waals surface area contributed by atoms with Crippen molar-refractivity contribution in [2.75, 3.05) is 12.3 Å². The topological polar surface area (TPSA) is 55.1 Å². The average molecular weight is 216 g/mol. The third kappa shape index (κ3) is 2.23. The number of carbonyl (C=O) groups is 1. The Labute approximate surface area is 90.2 Å². The summed E-state index contributed by atoms with van der Waals surface area (Å²) >= 11 is 1.88. The second-order valence-corrected chi connectivity index (χ2v) is 6.70. The minimum Gasteiger partial charge on any atom is -0.351 e. The van der Waals surface area contributed by atoms with Gasteiger partial charge in [0.05, 0.1) is 11.5 Å². The van der Waals surface area contributed by atoms with Crippen molar-refractivity contribution in [2.45, 2.75) is 38.5 Å². The van der Waals surface area contributed by atoms with Crippen LogP contribution in [0.3, 0.4) is 0 Å². The maximum Gasteiger partial charge on any atom is 0.227 e. The highest BCUT2D eigenvalue weighted by Crippen LogP contribution is 2.40. The zero-order valence-electron chi connectivity index (χ0n) is 9.39. The van der Waals surface area contributed by atoms with Crippen LogP contribution >= 0.6 is 11.8 Å². The summed E-state index contributed by atoms with van der Waals surface area (Å²) in [7, 11) is 0. The van der Waals surface area contributed by atoms with Gasteiger partial charge in [-0.05, 0) is 27.7 Å². The molecule has 3 nitrogen and oxygen atoms in total. The van der Waals surface area contributed by atoms with E-state index in [2.05, 4.69) is 19.2 Å². The van der Waals surface area contributed by atoms with E-state index in [1.165, 1.54) is 0 Å². The molecule has 0 aliphatic carbocycles. The number of thioether (sulfide) groups is 1. The Balaban J connectivity index is 2.50. The zero-order valence-corrected chi connectivity index (χ0v) is 10.2. The van der Waals surface area contributed by atoms with Crippen molar-refractivity contribution in [2.24, 2.45) is 11.1 Å². The Hall–Kier alpha value is -0.220. The first-order valence-electron chi connectivity index (χ1n) is 4.94. The molecule has 1 atom stereocenters. The van der Waals surface area contributed by atoms with E-state index < -0.39 is 5.41 Å².